The van der Waals surface area contributed by atoms with Crippen molar-refractivity contribution < 1.29 is 18.8 Å². The smallest absolute Gasteiger partial charge is 0.311 e. The van der Waals surface area contributed by atoms with E-state index in [1.165, 1.54) is 36.4 Å². The Bertz CT molecular complexity index is 740. The fourth-order valence-electron chi connectivity index (χ4n) is 2.31. The molecule has 0 unspecified atom stereocenters. The quantitative estimate of drug-likeness (QED) is 0.638. The van der Waals surface area contributed by atoms with Gasteiger partial charge in [-0.1, -0.05) is 0 Å². The van der Waals surface area contributed by atoms with Crippen LogP contribution in [-0.2, 0) is 6.42 Å². The lowest BCUT2D eigenvalue weighted by atomic mass is 10.1. The van der Waals surface area contributed by atoms with Crippen LogP contribution < -0.4 is 4.74 Å². The Kier molecular flexibility index (Phi) is 3.13. The van der Waals surface area contributed by atoms with Gasteiger partial charge in [-0.2, -0.15) is 0 Å². The molecule has 0 amide bonds. The van der Waals surface area contributed by atoms with E-state index < -0.39 is 10.7 Å². The zero-order valence-corrected chi connectivity index (χ0v) is 10.8. The van der Waals surface area contributed by atoms with Crippen LogP contribution in [0.4, 0.5) is 10.1 Å². The highest BCUT2D eigenvalue weighted by atomic mass is 19.1. The highest BCUT2D eigenvalue weighted by molar-refractivity contribution is 6.01. The van der Waals surface area contributed by atoms with E-state index in [0.29, 0.717) is 24.0 Å². The maximum atomic E-state index is 12.9. The van der Waals surface area contributed by atoms with Crippen LogP contribution in [-0.4, -0.2) is 10.7 Å². The van der Waals surface area contributed by atoms with Crippen LogP contribution in [0.3, 0.4) is 0 Å². The van der Waals surface area contributed by atoms with E-state index in [1.54, 1.807) is 0 Å². The molecule has 0 aliphatic heterocycles. The van der Waals surface area contributed by atoms with Crippen LogP contribution in [0.5, 0.6) is 11.5 Å². The van der Waals surface area contributed by atoms with Crippen molar-refractivity contribution >= 4 is 11.5 Å². The summed E-state index contributed by atoms with van der Waals surface area (Å²) in [5.41, 5.74) is 0.920. The number of hydrogen-bond acceptors (Lipinski definition) is 4. The summed E-state index contributed by atoms with van der Waals surface area (Å²) in [6.07, 6.45) is 0.859. The number of carbonyl (C=O) groups excluding carboxylic acids is 1. The Labute approximate surface area is 119 Å². The fourth-order valence-corrected chi connectivity index (χ4v) is 2.31. The molecular weight excluding hydrogens is 277 g/mol. The molecular formula is C15H10FNO4. The first-order chi connectivity index (χ1) is 10.0. The van der Waals surface area contributed by atoms with Crippen molar-refractivity contribution in [2.75, 3.05) is 0 Å². The molecule has 2 aromatic rings. The average Bonchev–Trinajstić information content (AvgIpc) is 2.81. The summed E-state index contributed by atoms with van der Waals surface area (Å²) < 4.78 is 18.3. The third-order valence-corrected chi connectivity index (χ3v) is 3.34. The number of nitro benzene ring substituents is 1. The highest BCUT2D eigenvalue weighted by Crippen LogP contribution is 2.37. The molecule has 0 atom stereocenters. The van der Waals surface area contributed by atoms with Crippen molar-refractivity contribution in [2.45, 2.75) is 12.8 Å². The molecule has 106 valence electrons. The Hall–Kier alpha value is -2.76. The molecule has 5 nitrogen and oxygen atoms in total. The molecule has 0 saturated heterocycles. The predicted octanol–water partition coefficient (Wildman–Crippen LogP) is 3.66. The Morgan fingerprint density at radius 3 is 2.52 bits per heavy atom. The normalized spacial score (nSPS) is 13.1. The Morgan fingerprint density at radius 2 is 1.86 bits per heavy atom. The Balaban J connectivity index is 2.04. The zero-order valence-electron chi connectivity index (χ0n) is 10.8. The van der Waals surface area contributed by atoms with Crippen molar-refractivity contribution in [3.63, 3.8) is 0 Å². The van der Waals surface area contributed by atoms with E-state index in [9.17, 15) is 19.3 Å². The van der Waals surface area contributed by atoms with Crippen molar-refractivity contribution in [1.82, 2.24) is 0 Å². The van der Waals surface area contributed by atoms with Gasteiger partial charge in [-0.05, 0) is 42.3 Å². The average molecular weight is 287 g/mol. The molecule has 0 saturated carbocycles. The van der Waals surface area contributed by atoms with Crippen molar-refractivity contribution in [2.24, 2.45) is 0 Å². The second kappa shape index (κ2) is 4.97. The molecule has 21 heavy (non-hydrogen) atoms. The first-order valence-electron chi connectivity index (χ1n) is 6.32. The van der Waals surface area contributed by atoms with Crippen LogP contribution in [0.2, 0.25) is 0 Å². The van der Waals surface area contributed by atoms with E-state index in [2.05, 4.69) is 0 Å². The number of aryl methyl sites for hydroxylation is 1. The second-order valence-electron chi connectivity index (χ2n) is 4.71. The number of benzene rings is 2. The van der Waals surface area contributed by atoms with Gasteiger partial charge in [-0.25, -0.2) is 4.39 Å². The van der Waals surface area contributed by atoms with Gasteiger partial charge in [-0.3, -0.25) is 14.9 Å². The SMILES string of the molecule is O=C1CCc2cc([N+](=O)[O-])c(Oc3ccc(F)cc3)cc21. The van der Waals surface area contributed by atoms with E-state index >= 15 is 0 Å². The molecule has 1 aliphatic rings. The third kappa shape index (κ3) is 2.47. The van der Waals surface area contributed by atoms with Crippen molar-refractivity contribution in [3.05, 3.63) is 63.5 Å². The number of rotatable bonds is 3. The number of carbonyl (C=O) groups is 1. The number of ketones is 1. The summed E-state index contributed by atoms with van der Waals surface area (Å²) in [6, 6.07) is 7.90. The van der Waals surface area contributed by atoms with Crippen LogP contribution >= 0.6 is 0 Å². The number of ether oxygens (including phenoxy) is 1. The number of hydrogen-bond donors (Lipinski definition) is 0. The molecule has 1 aliphatic carbocycles. The second-order valence-corrected chi connectivity index (χ2v) is 4.71. The van der Waals surface area contributed by atoms with Crippen LogP contribution in [0.15, 0.2) is 36.4 Å². The minimum atomic E-state index is -0.554. The van der Waals surface area contributed by atoms with Gasteiger partial charge in [0.05, 0.1) is 4.92 Å². The van der Waals surface area contributed by atoms with Gasteiger partial charge in [0.2, 0.25) is 5.75 Å². The topological polar surface area (TPSA) is 69.4 Å². The number of fused-ring (bicyclic) bond motifs is 1. The highest BCUT2D eigenvalue weighted by Gasteiger charge is 2.26. The molecule has 0 fully saturated rings. The van der Waals surface area contributed by atoms with Crippen LogP contribution in [0, 0.1) is 15.9 Å². The maximum Gasteiger partial charge on any atom is 0.311 e. The predicted molar refractivity (Wildman–Crippen MR) is 72.2 cm³/mol. The van der Waals surface area contributed by atoms with Gasteiger partial charge < -0.3 is 4.74 Å². The van der Waals surface area contributed by atoms with Crippen LogP contribution in [0.25, 0.3) is 0 Å². The van der Waals surface area contributed by atoms with Gasteiger partial charge in [0.1, 0.15) is 11.6 Å². The van der Waals surface area contributed by atoms with E-state index in [4.69, 9.17) is 4.74 Å². The minimum absolute atomic E-state index is 0.0133. The standard InChI is InChI=1S/C15H10FNO4/c16-10-2-4-11(5-3-10)21-15-8-12-9(1-6-14(12)18)7-13(15)17(19)20/h2-5,7-8H,1,6H2. The molecule has 6 heteroatoms. The fraction of sp³-hybridized carbons (Fsp3) is 0.133. The number of nitro groups is 1. The van der Waals surface area contributed by atoms with Gasteiger partial charge in [0.25, 0.3) is 0 Å². The lowest BCUT2D eigenvalue weighted by molar-refractivity contribution is -0.385. The van der Waals surface area contributed by atoms with Gasteiger partial charge in [0.15, 0.2) is 5.78 Å². The Morgan fingerprint density at radius 1 is 1.14 bits per heavy atom. The number of halogens is 1. The first kappa shape index (κ1) is 13.2. The first-order valence-corrected chi connectivity index (χ1v) is 6.32. The summed E-state index contributed by atoms with van der Waals surface area (Å²) >= 11 is 0. The van der Waals surface area contributed by atoms with Crippen molar-refractivity contribution in [1.29, 1.82) is 0 Å². The maximum absolute atomic E-state index is 12.9. The lowest BCUT2D eigenvalue weighted by Crippen LogP contribution is -1.98. The minimum Gasteiger partial charge on any atom is -0.450 e. The summed E-state index contributed by atoms with van der Waals surface area (Å²) in [4.78, 5) is 22.3. The van der Waals surface area contributed by atoms with Gasteiger partial charge >= 0.3 is 5.69 Å². The molecule has 0 N–H and O–H groups in total. The molecule has 2 aromatic carbocycles. The largest absolute Gasteiger partial charge is 0.450 e. The monoisotopic (exact) mass is 287 g/mol. The summed E-state index contributed by atoms with van der Waals surface area (Å²) in [6.45, 7) is 0. The number of Topliss-reactive ketones (excluding diaryl/α,β-unsaturated/α-hetero) is 1. The van der Waals surface area contributed by atoms with E-state index in [0.717, 1.165) is 0 Å². The zero-order chi connectivity index (χ0) is 15.0. The molecule has 0 spiro atoms. The lowest BCUT2D eigenvalue weighted by Gasteiger charge is -2.08. The third-order valence-electron chi connectivity index (χ3n) is 3.34. The molecule has 3 rings (SSSR count). The van der Waals surface area contributed by atoms with Crippen LogP contribution in [0.1, 0.15) is 22.3 Å². The number of nitrogens with zero attached hydrogens (tertiary/aromatic N) is 1. The van der Waals surface area contributed by atoms with E-state index in [-0.39, 0.29) is 23.0 Å². The molecule has 0 aromatic heterocycles. The summed E-state index contributed by atoms with van der Waals surface area (Å²) in [5.74, 6) is -0.227. The van der Waals surface area contributed by atoms with Gasteiger partial charge in [0, 0.05) is 18.1 Å². The van der Waals surface area contributed by atoms with Gasteiger partial charge in [-0.15, -0.1) is 0 Å². The molecule has 0 radical (unpaired) electrons. The summed E-state index contributed by atoms with van der Waals surface area (Å²) in [5, 5.41) is 11.1. The molecule has 0 heterocycles. The van der Waals surface area contributed by atoms with Crippen molar-refractivity contribution in [3.8, 4) is 11.5 Å². The molecule has 0 bridgehead atoms. The van der Waals surface area contributed by atoms with E-state index in [1.807, 2.05) is 0 Å². The summed E-state index contributed by atoms with van der Waals surface area (Å²) in [7, 11) is 0.